The molecule has 37 heavy (non-hydrogen) atoms. The van der Waals surface area contributed by atoms with Gasteiger partial charge in [0.15, 0.2) is 0 Å². The lowest BCUT2D eigenvalue weighted by atomic mass is 9.85. The van der Waals surface area contributed by atoms with Crippen molar-refractivity contribution in [2.24, 2.45) is 17.3 Å². The second-order valence-corrected chi connectivity index (χ2v) is 11.8. The molecule has 0 aromatic rings. The van der Waals surface area contributed by atoms with E-state index in [-0.39, 0.29) is 30.7 Å². The van der Waals surface area contributed by atoms with Crippen LogP contribution in [0.25, 0.3) is 0 Å². The number of nitrogens with one attached hydrogen (secondary N) is 3. The van der Waals surface area contributed by atoms with Gasteiger partial charge in [-0.05, 0) is 57.3 Å². The highest BCUT2D eigenvalue weighted by atomic mass is 16.6. The largest absolute Gasteiger partial charge is 0.444 e. The van der Waals surface area contributed by atoms with Crippen LogP contribution >= 0.6 is 0 Å². The molecule has 0 aromatic carbocycles. The van der Waals surface area contributed by atoms with E-state index < -0.39 is 52.8 Å². The molecule has 1 aliphatic heterocycles. The van der Waals surface area contributed by atoms with E-state index in [2.05, 4.69) is 29.1 Å². The van der Waals surface area contributed by atoms with Crippen LogP contribution in [0, 0.1) is 17.3 Å². The number of ether oxygens (including phenoxy) is 1. The highest BCUT2D eigenvalue weighted by molar-refractivity contribution is 6.38. The van der Waals surface area contributed by atoms with Gasteiger partial charge in [-0.1, -0.05) is 32.9 Å². The molecule has 0 bridgehead atoms. The van der Waals surface area contributed by atoms with Gasteiger partial charge in [0.25, 0.3) is 5.91 Å². The van der Waals surface area contributed by atoms with Crippen molar-refractivity contribution in [2.45, 2.75) is 84.5 Å². The quantitative estimate of drug-likeness (QED) is 0.283. The molecule has 206 valence electrons. The minimum Gasteiger partial charge on any atom is -0.444 e. The van der Waals surface area contributed by atoms with E-state index in [1.807, 2.05) is 20.8 Å². The maximum absolute atomic E-state index is 13.7. The van der Waals surface area contributed by atoms with Crippen molar-refractivity contribution in [3.63, 3.8) is 0 Å². The van der Waals surface area contributed by atoms with Crippen molar-refractivity contribution >= 4 is 29.6 Å². The summed E-state index contributed by atoms with van der Waals surface area (Å²) in [5.41, 5.74) is -1.40. The van der Waals surface area contributed by atoms with Gasteiger partial charge in [0.2, 0.25) is 17.6 Å². The van der Waals surface area contributed by atoms with E-state index in [1.165, 1.54) is 11.0 Å². The van der Waals surface area contributed by atoms with Crippen LogP contribution in [0.1, 0.15) is 60.8 Å². The third-order valence-electron chi connectivity index (χ3n) is 6.40. The molecule has 10 heteroatoms. The number of nitrogens with zero attached hydrogens (tertiary/aromatic N) is 1. The molecule has 1 saturated carbocycles. The molecule has 1 saturated heterocycles. The Balaban J connectivity index is 2.22. The number of amides is 4. The van der Waals surface area contributed by atoms with Crippen LogP contribution in [-0.2, 0) is 23.9 Å². The number of carbonyl (C=O) groups excluding carboxylic acids is 5. The second-order valence-electron chi connectivity index (χ2n) is 11.8. The van der Waals surface area contributed by atoms with E-state index >= 15 is 0 Å². The Morgan fingerprint density at radius 3 is 2.22 bits per heavy atom. The van der Waals surface area contributed by atoms with Crippen molar-refractivity contribution in [3.8, 4) is 0 Å². The van der Waals surface area contributed by atoms with Crippen LogP contribution in [0.15, 0.2) is 25.3 Å². The molecule has 0 spiro atoms. The fraction of sp³-hybridized carbons (Fsp3) is 0.667. The molecule has 3 N–H and O–H groups in total. The monoisotopic (exact) mass is 518 g/mol. The Labute approximate surface area is 219 Å². The summed E-state index contributed by atoms with van der Waals surface area (Å²) in [4.78, 5) is 66.2. The Bertz CT molecular complexity index is 932. The minimum atomic E-state index is -1.05. The summed E-state index contributed by atoms with van der Waals surface area (Å²) in [6.07, 6.45) is 3.76. The van der Waals surface area contributed by atoms with Crippen molar-refractivity contribution < 1.29 is 28.7 Å². The summed E-state index contributed by atoms with van der Waals surface area (Å²) in [5.74, 6) is -2.30. The van der Waals surface area contributed by atoms with Crippen molar-refractivity contribution in [1.82, 2.24) is 20.9 Å². The molecule has 0 aromatic heterocycles. The lowest BCUT2D eigenvalue weighted by Crippen LogP contribution is -2.60. The molecule has 2 fully saturated rings. The molecule has 2 rings (SSSR count). The van der Waals surface area contributed by atoms with Crippen LogP contribution in [0.4, 0.5) is 4.79 Å². The Hall–Kier alpha value is -3.17. The summed E-state index contributed by atoms with van der Waals surface area (Å²) in [6, 6.07) is -2.78. The van der Waals surface area contributed by atoms with Gasteiger partial charge < -0.3 is 25.6 Å². The SMILES string of the molecule is C=CCCC(NC(=O)C1C2CC2CN1C(=O)C(NC(=O)OC(C)(C)C)C(C)(C)C)C(=O)C(=O)NCC=C. The fourth-order valence-electron chi connectivity index (χ4n) is 4.49. The van der Waals surface area contributed by atoms with Gasteiger partial charge in [0, 0.05) is 13.1 Å². The van der Waals surface area contributed by atoms with Gasteiger partial charge in [-0.2, -0.15) is 0 Å². The summed E-state index contributed by atoms with van der Waals surface area (Å²) in [7, 11) is 0. The topological polar surface area (TPSA) is 134 Å². The molecule has 5 unspecified atom stereocenters. The predicted octanol–water partition coefficient (Wildman–Crippen LogP) is 2.10. The number of likely N-dealkylation sites (tertiary alicyclic amines) is 1. The fourth-order valence-corrected chi connectivity index (χ4v) is 4.49. The second kappa shape index (κ2) is 11.9. The Kier molecular flexibility index (Phi) is 9.68. The summed E-state index contributed by atoms with van der Waals surface area (Å²) in [6.45, 7) is 18.3. The molecule has 1 aliphatic carbocycles. The number of hydrogen-bond acceptors (Lipinski definition) is 6. The molecule has 4 amide bonds. The smallest absolute Gasteiger partial charge is 0.408 e. The molecule has 0 radical (unpaired) electrons. The molecule has 2 aliphatic rings. The lowest BCUT2D eigenvalue weighted by molar-refractivity contribution is -0.144. The van der Waals surface area contributed by atoms with Gasteiger partial charge in [0.05, 0.1) is 6.04 Å². The Morgan fingerprint density at radius 2 is 1.68 bits per heavy atom. The number of hydrogen-bond donors (Lipinski definition) is 3. The first kappa shape index (κ1) is 30.1. The Morgan fingerprint density at radius 1 is 1.03 bits per heavy atom. The third-order valence-corrected chi connectivity index (χ3v) is 6.40. The number of ketones is 1. The van der Waals surface area contributed by atoms with Crippen LogP contribution in [-0.4, -0.2) is 71.3 Å². The van der Waals surface area contributed by atoms with Gasteiger partial charge in [-0.25, -0.2) is 4.79 Å². The first-order valence-electron chi connectivity index (χ1n) is 12.7. The summed E-state index contributed by atoms with van der Waals surface area (Å²) in [5, 5.41) is 7.85. The third kappa shape index (κ3) is 8.16. The molecular weight excluding hydrogens is 476 g/mol. The van der Waals surface area contributed by atoms with Gasteiger partial charge in [0.1, 0.15) is 17.7 Å². The summed E-state index contributed by atoms with van der Waals surface area (Å²) >= 11 is 0. The number of rotatable bonds is 11. The average molecular weight is 519 g/mol. The summed E-state index contributed by atoms with van der Waals surface area (Å²) < 4.78 is 5.36. The number of allylic oxidation sites excluding steroid dienone is 1. The predicted molar refractivity (Wildman–Crippen MR) is 139 cm³/mol. The van der Waals surface area contributed by atoms with E-state index in [1.54, 1.807) is 26.8 Å². The van der Waals surface area contributed by atoms with Crippen molar-refractivity contribution in [1.29, 1.82) is 0 Å². The van der Waals surface area contributed by atoms with Crippen LogP contribution in [0.5, 0.6) is 0 Å². The van der Waals surface area contributed by atoms with Crippen LogP contribution in [0.2, 0.25) is 0 Å². The molecular formula is C27H42N4O6. The van der Waals surface area contributed by atoms with Crippen molar-refractivity contribution in [3.05, 3.63) is 25.3 Å². The highest BCUT2D eigenvalue weighted by Gasteiger charge is 2.58. The average Bonchev–Trinajstić information content (AvgIpc) is 3.44. The first-order chi connectivity index (χ1) is 17.1. The van der Waals surface area contributed by atoms with Gasteiger partial charge in [-0.3, -0.25) is 19.2 Å². The normalized spacial score (nSPS) is 22.1. The maximum Gasteiger partial charge on any atom is 0.408 e. The lowest BCUT2D eigenvalue weighted by Gasteiger charge is -2.37. The number of piperidine rings is 1. The number of alkyl carbamates (subject to hydrolysis) is 1. The minimum absolute atomic E-state index is 0.0316. The number of carbonyl (C=O) groups is 5. The zero-order chi connectivity index (χ0) is 28.1. The van der Waals surface area contributed by atoms with Crippen LogP contribution < -0.4 is 16.0 Å². The molecule has 10 nitrogen and oxygen atoms in total. The number of Topliss-reactive ketones (excluding diaryl/α,β-unsaturated/α-hetero) is 1. The van der Waals surface area contributed by atoms with Gasteiger partial charge >= 0.3 is 6.09 Å². The highest BCUT2D eigenvalue weighted by Crippen LogP contribution is 2.50. The van der Waals surface area contributed by atoms with Gasteiger partial charge in [-0.15, -0.1) is 13.2 Å². The van der Waals surface area contributed by atoms with Crippen molar-refractivity contribution in [2.75, 3.05) is 13.1 Å². The van der Waals surface area contributed by atoms with Crippen LogP contribution in [0.3, 0.4) is 0 Å². The number of fused-ring (bicyclic) bond motifs is 1. The van der Waals surface area contributed by atoms with E-state index in [0.717, 1.165) is 6.42 Å². The standard InChI is InChI=1S/C27H42N4O6/c1-9-11-12-18(20(32)23(34)28-13-10-2)29-22(33)19-17-14-16(17)15-31(19)24(35)21(26(3,4)5)30-25(36)37-27(6,7)8/h9-10,16-19,21H,1-2,11-15H2,3-8H3,(H,28,34)(H,29,33)(H,30,36). The zero-order valence-corrected chi connectivity index (χ0v) is 22.9. The van der Waals surface area contributed by atoms with E-state index in [4.69, 9.17) is 4.74 Å². The first-order valence-corrected chi connectivity index (χ1v) is 12.7. The zero-order valence-electron chi connectivity index (χ0n) is 22.9. The molecule has 5 atom stereocenters. The van der Waals surface area contributed by atoms with E-state index in [0.29, 0.717) is 13.0 Å². The molecule has 1 heterocycles. The van der Waals surface area contributed by atoms with E-state index in [9.17, 15) is 24.0 Å². The maximum atomic E-state index is 13.7.